The van der Waals surface area contributed by atoms with E-state index in [0.29, 0.717) is 45.1 Å². The van der Waals surface area contributed by atoms with Crippen LogP contribution in [0.25, 0.3) is 0 Å². The summed E-state index contributed by atoms with van der Waals surface area (Å²) in [5.74, 6) is 1.24. The number of amides is 1. The molecule has 0 atom stereocenters. The summed E-state index contributed by atoms with van der Waals surface area (Å²) < 4.78 is 24.9. The Morgan fingerprint density at radius 3 is 2.57 bits per heavy atom. The minimum Gasteiger partial charge on any atom is -0.357 e. The van der Waals surface area contributed by atoms with Crippen LogP contribution in [-0.4, -0.2) is 69.6 Å². The van der Waals surface area contributed by atoms with Crippen molar-refractivity contribution in [2.75, 3.05) is 45.0 Å². The fraction of sp³-hybridized carbons (Fsp3) is 0.857. The SMILES string of the molecule is CCNC(=NCCN1CCCS1(=O)=O)NCCNC(=O)C1CC1. The van der Waals surface area contributed by atoms with Gasteiger partial charge in [-0.15, -0.1) is 0 Å². The Kier molecular flexibility index (Phi) is 6.64. The van der Waals surface area contributed by atoms with Crippen molar-refractivity contribution in [2.24, 2.45) is 10.9 Å². The van der Waals surface area contributed by atoms with Crippen molar-refractivity contribution in [3.8, 4) is 0 Å². The Balaban J connectivity index is 1.68. The minimum atomic E-state index is -3.05. The number of nitrogens with zero attached hydrogens (tertiary/aromatic N) is 2. The van der Waals surface area contributed by atoms with Gasteiger partial charge in [0.05, 0.1) is 12.3 Å². The number of aliphatic imine (C=N–C) groups is 1. The van der Waals surface area contributed by atoms with Gasteiger partial charge in [0.25, 0.3) is 0 Å². The second-order valence-electron chi connectivity index (χ2n) is 5.82. The van der Waals surface area contributed by atoms with Gasteiger partial charge in [0.2, 0.25) is 15.9 Å². The molecule has 1 saturated carbocycles. The zero-order chi connectivity index (χ0) is 16.7. The molecular formula is C14H27N5O3S. The van der Waals surface area contributed by atoms with Gasteiger partial charge in [0, 0.05) is 38.6 Å². The van der Waals surface area contributed by atoms with E-state index in [4.69, 9.17) is 0 Å². The minimum absolute atomic E-state index is 0.132. The topological polar surface area (TPSA) is 103 Å². The van der Waals surface area contributed by atoms with E-state index in [-0.39, 0.29) is 17.6 Å². The van der Waals surface area contributed by atoms with Crippen LogP contribution in [0, 0.1) is 5.92 Å². The molecule has 0 bridgehead atoms. The monoisotopic (exact) mass is 345 g/mol. The molecular weight excluding hydrogens is 318 g/mol. The van der Waals surface area contributed by atoms with Gasteiger partial charge in [-0.25, -0.2) is 12.7 Å². The first kappa shape index (κ1) is 18.0. The highest BCUT2D eigenvalue weighted by molar-refractivity contribution is 7.89. The van der Waals surface area contributed by atoms with E-state index in [1.54, 1.807) is 0 Å². The molecule has 132 valence electrons. The van der Waals surface area contributed by atoms with Crippen molar-refractivity contribution >= 4 is 21.9 Å². The molecule has 8 nitrogen and oxygen atoms in total. The molecule has 0 spiro atoms. The van der Waals surface area contributed by atoms with Gasteiger partial charge < -0.3 is 16.0 Å². The van der Waals surface area contributed by atoms with Crippen LogP contribution in [0.5, 0.6) is 0 Å². The van der Waals surface area contributed by atoms with Gasteiger partial charge in [-0.05, 0) is 26.2 Å². The maximum absolute atomic E-state index is 11.7. The molecule has 0 aromatic heterocycles. The molecule has 1 heterocycles. The first-order valence-corrected chi connectivity index (χ1v) is 9.91. The van der Waals surface area contributed by atoms with Crippen LogP contribution in [0.1, 0.15) is 26.2 Å². The predicted octanol–water partition coefficient (Wildman–Crippen LogP) is -0.897. The van der Waals surface area contributed by atoms with Crippen LogP contribution in [0.2, 0.25) is 0 Å². The second kappa shape index (κ2) is 8.49. The molecule has 1 amide bonds. The molecule has 2 aliphatic rings. The number of rotatable bonds is 8. The molecule has 0 unspecified atom stereocenters. The zero-order valence-electron chi connectivity index (χ0n) is 13.7. The third-order valence-electron chi connectivity index (χ3n) is 3.83. The van der Waals surface area contributed by atoms with Crippen molar-refractivity contribution in [3.63, 3.8) is 0 Å². The van der Waals surface area contributed by atoms with Crippen molar-refractivity contribution < 1.29 is 13.2 Å². The maximum Gasteiger partial charge on any atom is 0.223 e. The summed E-state index contributed by atoms with van der Waals surface area (Å²) in [6, 6.07) is 0. The lowest BCUT2D eigenvalue weighted by Gasteiger charge is -2.14. The molecule has 9 heteroatoms. The Bertz CT molecular complexity index is 531. The third-order valence-corrected chi connectivity index (χ3v) is 5.79. The summed E-state index contributed by atoms with van der Waals surface area (Å²) in [7, 11) is -3.05. The lowest BCUT2D eigenvalue weighted by atomic mass is 10.4. The van der Waals surface area contributed by atoms with E-state index < -0.39 is 10.0 Å². The largest absolute Gasteiger partial charge is 0.357 e. The van der Waals surface area contributed by atoms with Crippen molar-refractivity contribution in [1.82, 2.24) is 20.3 Å². The number of nitrogens with one attached hydrogen (secondary N) is 3. The zero-order valence-corrected chi connectivity index (χ0v) is 14.5. The summed E-state index contributed by atoms with van der Waals surface area (Å²) in [5.41, 5.74) is 0. The molecule has 1 saturated heterocycles. The summed E-state index contributed by atoms with van der Waals surface area (Å²) in [4.78, 5) is 15.9. The van der Waals surface area contributed by atoms with Crippen LogP contribution in [0.3, 0.4) is 0 Å². The number of hydrogen-bond donors (Lipinski definition) is 3. The molecule has 2 fully saturated rings. The lowest BCUT2D eigenvalue weighted by molar-refractivity contribution is -0.122. The number of guanidine groups is 1. The van der Waals surface area contributed by atoms with Gasteiger partial charge >= 0.3 is 0 Å². The Hall–Kier alpha value is -1.35. The van der Waals surface area contributed by atoms with Gasteiger partial charge in [-0.2, -0.15) is 0 Å². The Labute approximate surface area is 138 Å². The van der Waals surface area contributed by atoms with Crippen LogP contribution in [0.15, 0.2) is 4.99 Å². The number of carbonyl (C=O) groups excluding carboxylic acids is 1. The maximum atomic E-state index is 11.7. The Morgan fingerprint density at radius 2 is 1.96 bits per heavy atom. The first-order chi connectivity index (χ1) is 11.0. The highest BCUT2D eigenvalue weighted by atomic mass is 32.2. The third kappa shape index (κ3) is 5.98. The second-order valence-corrected chi connectivity index (χ2v) is 7.91. The van der Waals surface area contributed by atoms with Crippen LogP contribution in [-0.2, 0) is 14.8 Å². The number of sulfonamides is 1. The number of hydrogen-bond acceptors (Lipinski definition) is 4. The fourth-order valence-corrected chi connectivity index (χ4v) is 3.93. The number of carbonyl (C=O) groups is 1. The smallest absolute Gasteiger partial charge is 0.223 e. The molecule has 23 heavy (non-hydrogen) atoms. The summed E-state index contributed by atoms with van der Waals surface area (Å²) in [6.07, 6.45) is 2.70. The average Bonchev–Trinajstić information content (AvgIpc) is 3.29. The van der Waals surface area contributed by atoms with Gasteiger partial charge in [-0.1, -0.05) is 0 Å². The van der Waals surface area contributed by atoms with Gasteiger partial charge in [-0.3, -0.25) is 9.79 Å². The van der Waals surface area contributed by atoms with E-state index in [1.807, 2.05) is 6.92 Å². The molecule has 0 radical (unpaired) electrons. The predicted molar refractivity (Wildman–Crippen MR) is 89.7 cm³/mol. The fourth-order valence-electron chi connectivity index (χ4n) is 2.41. The lowest BCUT2D eigenvalue weighted by Crippen LogP contribution is -2.42. The van der Waals surface area contributed by atoms with Crippen LogP contribution < -0.4 is 16.0 Å². The summed E-state index contributed by atoms with van der Waals surface area (Å²) in [6.45, 7) is 5.27. The first-order valence-electron chi connectivity index (χ1n) is 8.30. The molecule has 3 N–H and O–H groups in total. The standard InChI is InChI=1S/C14H27N5O3S/c1-2-15-14(17-7-6-16-13(20)12-4-5-12)18-8-10-19-9-3-11-23(19,21)22/h12H,2-11H2,1H3,(H,16,20)(H2,15,17,18). The van der Waals surface area contributed by atoms with Crippen molar-refractivity contribution in [1.29, 1.82) is 0 Å². The van der Waals surface area contributed by atoms with Crippen molar-refractivity contribution in [3.05, 3.63) is 0 Å². The van der Waals surface area contributed by atoms with Crippen molar-refractivity contribution in [2.45, 2.75) is 26.2 Å². The van der Waals surface area contributed by atoms with E-state index in [9.17, 15) is 13.2 Å². The van der Waals surface area contributed by atoms with E-state index in [2.05, 4.69) is 20.9 Å². The van der Waals surface area contributed by atoms with Gasteiger partial charge in [0.1, 0.15) is 0 Å². The van der Waals surface area contributed by atoms with E-state index in [1.165, 1.54) is 4.31 Å². The molecule has 0 aromatic carbocycles. The van der Waals surface area contributed by atoms with Crippen LogP contribution in [0.4, 0.5) is 0 Å². The average molecular weight is 345 g/mol. The molecule has 1 aliphatic heterocycles. The quantitative estimate of drug-likeness (QED) is 0.301. The summed E-state index contributed by atoms with van der Waals surface area (Å²) >= 11 is 0. The molecule has 2 rings (SSSR count). The normalized spacial score (nSPS) is 21.2. The highest BCUT2D eigenvalue weighted by Gasteiger charge is 2.29. The van der Waals surface area contributed by atoms with Gasteiger partial charge in [0.15, 0.2) is 5.96 Å². The Morgan fingerprint density at radius 1 is 1.22 bits per heavy atom. The van der Waals surface area contributed by atoms with E-state index in [0.717, 1.165) is 19.4 Å². The molecule has 0 aromatic rings. The highest BCUT2D eigenvalue weighted by Crippen LogP contribution is 2.28. The van der Waals surface area contributed by atoms with E-state index >= 15 is 0 Å². The molecule has 1 aliphatic carbocycles. The summed E-state index contributed by atoms with van der Waals surface area (Å²) in [5, 5.41) is 9.13. The van der Waals surface area contributed by atoms with Crippen LogP contribution >= 0.6 is 0 Å².